The molecule has 1 unspecified atom stereocenters. The second kappa shape index (κ2) is 11.5. The summed E-state index contributed by atoms with van der Waals surface area (Å²) in [6.45, 7) is 3.25. The minimum atomic E-state index is -4.37. The maximum absolute atomic E-state index is 12.7. The number of alkyl halides is 3. The van der Waals surface area contributed by atoms with Crippen LogP contribution in [0.2, 0.25) is 0 Å². The number of amides is 1. The van der Waals surface area contributed by atoms with Crippen molar-refractivity contribution in [2.45, 2.75) is 45.4 Å². The lowest BCUT2D eigenvalue weighted by molar-refractivity contribution is -0.147. The summed E-state index contributed by atoms with van der Waals surface area (Å²) in [5.41, 5.74) is -0.204. The molecule has 180 valence electrons. The Balaban J connectivity index is 1.84. The highest BCUT2D eigenvalue weighted by Gasteiger charge is 2.30. The van der Waals surface area contributed by atoms with Gasteiger partial charge in [-0.1, -0.05) is 25.5 Å². The van der Waals surface area contributed by atoms with E-state index in [4.69, 9.17) is 9.47 Å². The van der Waals surface area contributed by atoms with Crippen molar-refractivity contribution in [3.63, 3.8) is 0 Å². The summed E-state index contributed by atoms with van der Waals surface area (Å²) < 4.78 is 48.4. The molecule has 1 aromatic carbocycles. The fourth-order valence-electron chi connectivity index (χ4n) is 3.34. The Labute approximate surface area is 189 Å². The summed E-state index contributed by atoms with van der Waals surface area (Å²) >= 11 is 0. The number of pyridine rings is 1. The number of methoxy groups -OCH3 is 1. The van der Waals surface area contributed by atoms with Gasteiger partial charge in [0, 0.05) is 12.3 Å². The third kappa shape index (κ3) is 7.65. The fourth-order valence-corrected chi connectivity index (χ4v) is 3.34. The van der Waals surface area contributed by atoms with Crippen LogP contribution in [-0.4, -0.2) is 41.7 Å². The number of esters is 1. The molecule has 2 N–H and O–H groups in total. The predicted molar refractivity (Wildman–Crippen MR) is 114 cm³/mol. The zero-order valence-electron chi connectivity index (χ0n) is 18.6. The van der Waals surface area contributed by atoms with Crippen LogP contribution >= 0.6 is 0 Å². The van der Waals surface area contributed by atoms with E-state index in [0.29, 0.717) is 12.8 Å². The normalized spacial score (nSPS) is 13.2. The summed E-state index contributed by atoms with van der Waals surface area (Å²) in [7, 11) is 1.33. The lowest BCUT2D eigenvalue weighted by Gasteiger charge is -2.20. The summed E-state index contributed by atoms with van der Waals surface area (Å²) in [6.07, 6.45) is -1.74. The van der Waals surface area contributed by atoms with Crippen molar-refractivity contribution in [3.05, 3.63) is 53.3 Å². The molecule has 2 atom stereocenters. The number of benzene rings is 1. The predicted octanol–water partition coefficient (Wildman–Crippen LogP) is 4.14. The number of ether oxygens (including phenoxy) is 2. The molecule has 1 amide bonds. The Bertz CT molecular complexity index is 948. The van der Waals surface area contributed by atoms with Crippen LogP contribution in [0.25, 0.3) is 0 Å². The van der Waals surface area contributed by atoms with E-state index in [2.05, 4.69) is 10.3 Å². The SMILES string of the molecule is CC[C@H](Cc1ccc(C(F)(F)F)cc1)CC(C)OC(=O)CNC(=O)c1nccc(OC)c1O. The minimum Gasteiger partial charge on any atom is -0.503 e. The molecule has 0 aliphatic rings. The molecule has 0 spiro atoms. The van der Waals surface area contributed by atoms with Crippen LogP contribution in [0.5, 0.6) is 11.5 Å². The monoisotopic (exact) mass is 468 g/mol. The van der Waals surface area contributed by atoms with Crippen LogP contribution in [0.4, 0.5) is 13.2 Å². The summed E-state index contributed by atoms with van der Waals surface area (Å²) in [6, 6.07) is 6.42. The molecule has 0 fully saturated rings. The van der Waals surface area contributed by atoms with E-state index in [1.807, 2.05) is 6.92 Å². The molecule has 0 aliphatic heterocycles. The van der Waals surface area contributed by atoms with Gasteiger partial charge in [0.1, 0.15) is 6.54 Å². The Morgan fingerprint density at radius 1 is 1.18 bits per heavy atom. The van der Waals surface area contributed by atoms with Gasteiger partial charge in [0.25, 0.3) is 5.91 Å². The topological polar surface area (TPSA) is 97.8 Å². The zero-order chi connectivity index (χ0) is 24.6. The molecule has 0 bridgehead atoms. The smallest absolute Gasteiger partial charge is 0.416 e. The van der Waals surface area contributed by atoms with E-state index in [-0.39, 0.29) is 17.4 Å². The molecule has 0 saturated heterocycles. The minimum absolute atomic E-state index is 0.0741. The van der Waals surface area contributed by atoms with Crippen LogP contribution < -0.4 is 10.1 Å². The van der Waals surface area contributed by atoms with Crippen molar-refractivity contribution >= 4 is 11.9 Å². The highest BCUT2D eigenvalue weighted by atomic mass is 19.4. The number of carbonyl (C=O) groups excluding carboxylic acids is 2. The van der Waals surface area contributed by atoms with Gasteiger partial charge in [0.2, 0.25) is 0 Å². The number of hydrogen-bond donors (Lipinski definition) is 2. The number of nitrogens with one attached hydrogen (secondary N) is 1. The van der Waals surface area contributed by atoms with Gasteiger partial charge in [0.15, 0.2) is 17.2 Å². The number of aromatic hydroxyl groups is 1. The fraction of sp³-hybridized carbons (Fsp3) is 0.435. The lowest BCUT2D eigenvalue weighted by Crippen LogP contribution is -2.33. The highest BCUT2D eigenvalue weighted by Crippen LogP contribution is 2.30. The Hall–Kier alpha value is -3.30. The number of halogens is 3. The first-order valence-electron chi connectivity index (χ1n) is 10.4. The molecular weight excluding hydrogens is 441 g/mol. The number of carbonyl (C=O) groups is 2. The molecule has 0 saturated carbocycles. The van der Waals surface area contributed by atoms with Gasteiger partial charge >= 0.3 is 12.1 Å². The van der Waals surface area contributed by atoms with Crippen LogP contribution in [0.1, 0.15) is 48.3 Å². The van der Waals surface area contributed by atoms with E-state index in [1.54, 1.807) is 6.92 Å². The second-order valence-corrected chi connectivity index (χ2v) is 7.60. The molecular formula is C23H27F3N2O5. The molecule has 10 heteroatoms. The van der Waals surface area contributed by atoms with Crippen molar-refractivity contribution in [3.8, 4) is 11.5 Å². The standard InChI is InChI=1S/C23H27F3N2O5/c1-4-15(12-16-5-7-17(8-6-16)23(24,25)26)11-14(2)33-19(29)13-28-22(31)20-21(30)18(32-3)9-10-27-20/h5-10,14-15,30H,4,11-13H2,1-3H3,(H,28,31)/t14?,15-/m0/s1. The number of nitrogens with zero attached hydrogens (tertiary/aromatic N) is 1. The van der Waals surface area contributed by atoms with Gasteiger partial charge in [-0.05, 0) is 43.4 Å². The summed E-state index contributed by atoms with van der Waals surface area (Å²) in [4.78, 5) is 28.1. The Kier molecular flexibility index (Phi) is 9.07. The number of aromatic nitrogens is 1. The van der Waals surface area contributed by atoms with Gasteiger partial charge < -0.3 is 19.9 Å². The van der Waals surface area contributed by atoms with E-state index in [0.717, 1.165) is 24.1 Å². The van der Waals surface area contributed by atoms with Crippen LogP contribution in [0, 0.1) is 5.92 Å². The first-order chi connectivity index (χ1) is 15.5. The Morgan fingerprint density at radius 2 is 1.85 bits per heavy atom. The Morgan fingerprint density at radius 3 is 2.42 bits per heavy atom. The average molecular weight is 468 g/mol. The number of hydrogen-bond acceptors (Lipinski definition) is 6. The second-order valence-electron chi connectivity index (χ2n) is 7.60. The third-order valence-electron chi connectivity index (χ3n) is 5.10. The van der Waals surface area contributed by atoms with E-state index in [1.165, 1.54) is 31.5 Å². The molecule has 2 aromatic rings. The van der Waals surface area contributed by atoms with E-state index in [9.17, 15) is 27.9 Å². The molecule has 0 radical (unpaired) electrons. The van der Waals surface area contributed by atoms with Crippen LogP contribution in [-0.2, 0) is 22.1 Å². The van der Waals surface area contributed by atoms with Crippen molar-refractivity contribution in [1.29, 1.82) is 0 Å². The number of rotatable bonds is 10. The largest absolute Gasteiger partial charge is 0.503 e. The molecule has 33 heavy (non-hydrogen) atoms. The molecule has 7 nitrogen and oxygen atoms in total. The van der Waals surface area contributed by atoms with Gasteiger partial charge in [-0.2, -0.15) is 13.2 Å². The van der Waals surface area contributed by atoms with Gasteiger partial charge in [-0.3, -0.25) is 9.59 Å². The third-order valence-corrected chi connectivity index (χ3v) is 5.10. The first kappa shape index (κ1) is 26.0. The van der Waals surface area contributed by atoms with Crippen LogP contribution in [0.3, 0.4) is 0 Å². The maximum Gasteiger partial charge on any atom is 0.416 e. The molecule has 1 heterocycles. The average Bonchev–Trinajstić information content (AvgIpc) is 2.76. The zero-order valence-corrected chi connectivity index (χ0v) is 18.6. The molecule has 0 aliphatic carbocycles. The van der Waals surface area contributed by atoms with Gasteiger partial charge in [0.05, 0.1) is 18.8 Å². The van der Waals surface area contributed by atoms with Crippen molar-refractivity contribution < 1.29 is 37.3 Å². The van der Waals surface area contributed by atoms with Crippen molar-refractivity contribution in [2.24, 2.45) is 5.92 Å². The van der Waals surface area contributed by atoms with E-state index >= 15 is 0 Å². The maximum atomic E-state index is 12.7. The quantitative estimate of drug-likeness (QED) is 0.509. The first-order valence-corrected chi connectivity index (χ1v) is 10.4. The van der Waals surface area contributed by atoms with E-state index < -0.39 is 42.0 Å². The summed E-state index contributed by atoms with van der Waals surface area (Å²) in [5.74, 6) is -1.69. The van der Waals surface area contributed by atoms with Crippen molar-refractivity contribution in [1.82, 2.24) is 10.3 Å². The molecule has 2 rings (SSSR count). The highest BCUT2D eigenvalue weighted by molar-refractivity contribution is 5.97. The van der Waals surface area contributed by atoms with Crippen molar-refractivity contribution in [2.75, 3.05) is 13.7 Å². The van der Waals surface area contributed by atoms with Gasteiger partial charge in [-0.25, -0.2) is 4.98 Å². The summed E-state index contributed by atoms with van der Waals surface area (Å²) in [5, 5.41) is 12.3. The van der Waals surface area contributed by atoms with Crippen LogP contribution in [0.15, 0.2) is 36.5 Å². The lowest BCUT2D eigenvalue weighted by atomic mass is 9.91. The van der Waals surface area contributed by atoms with Gasteiger partial charge in [-0.15, -0.1) is 0 Å². The molecule has 1 aromatic heterocycles.